The van der Waals surface area contributed by atoms with E-state index >= 15 is 0 Å². The van der Waals surface area contributed by atoms with Crippen molar-refractivity contribution in [2.24, 2.45) is 5.92 Å². The van der Waals surface area contributed by atoms with Crippen molar-refractivity contribution in [3.05, 3.63) is 59.7 Å². The van der Waals surface area contributed by atoms with Crippen LogP contribution in [0.15, 0.2) is 47.5 Å². The zero-order chi connectivity index (χ0) is 17.3. The summed E-state index contributed by atoms with van der Waals surface area (Å²) in [7, 11) is -3.26. The first-order valence-corrected chi connectivity index (χ1v) is 9.48. The van der Waals surface area contributed by atoms with E-state index in [1.54, 1.807) is 30.3 Å². The number of allylic oxidation sites excluding steroid dienone is 2. The fourth-order valence-electron chi connectivity index (χ4n) is 3.01. The van der Waals surface area contributed by atoms with Gasteiger partial charge in [0.05, 0.1) is 23.5 Å². The molecule has 3 nitrogen and oxygen atoms in total. The molecular weight excluding hydrogens is 332 g/mol. The second-order valence-corrected chi connectivity index (χ2v) is 8.06. The Labute approximate surface area is 140 Å². The maximum Gasteiger partial charge on any atom is 0.175 e. The summed E-state index contributed by atoms with van der Waals surface area (Å²) in [6.07, 6.45) is 3.40. The molecule has 0 N–H and O–H groups in total. The number of hydrogen-bond donors (Lipinski definition) is 0. The SMILES string of the molecule is CS(=O)(=O)c1ccc(C2=C(c3ccc(F)cn3)CC(CF)C2)cc1. The smallest absolute Gasteiger partial charge is 0.175 e. The molecule has 3 rings (SSSR count). The van der Waals surface area contributed by atoms with E-state index in [1.165, 1.54) is 6.07 Å². The van der Waals surface area contributed by atoms with Crippen LogP contribution in [-0.2, 0) is 9.84 Å². The molecule has 1 aliphatic rings. The first-order valence-electron chi connectivity index (χ1n) is 7.59. The van der Waals surface area contributed by atoms with Crippen molar-refractivity contribution in [3.63, 3.8) is 0 Å². The Kier molecular flexibility index (Phi) is 4.49. The summed E-state index contributed by atoms with van der Waals surface area (Å²) >= 11 is 0. The van der Waals surface area contributed by atoms with E-state index in [9.17, 15) is 17.2 Å². The molecular formula is C18H17F2NO2S. The summed E-state index contributed by atoms with van der Waals surface area (Å²) < 4.78 is 49.4. The predicted molar refractivity (Wildman–Crippen MR) is 89.3 cm³/mol. The molecule has 0 fully saturated rings. The molecule has 1 aromatic carbocycles. The molecule has 1 unspecified atom stereocenters. The van der Waals surface area contributed by atoms with E-state index in [0.29, 0.717) is 18.5 Å². The van der Waals surface area contributed by atoms with Crippen LogP contribution in [0.5, 0.6) is 0 Å². The second kappa shape index (κ2) is 6.43. The van der Waals surface area contributed by atoms with E-state index < -0.39 is 22.3 Å². The minimum absolute atomic E-state index is 0.128. The fraction of sp³-hybridized carbons (Fsp3) is 0.278. The van der Waals surface area contributed by atoms with Crippen LogP contribution in [0.3, 0.4) is 0 Å². The zero-order valence-corrected chi connectivity index (χ0v) is 14.0. The molecule has 1 heterocycles. The number of hydrogen-bond acceptors (Lipinski definition) is 3. The highest BCUT2D eigenvalue weighted by atomic mass is 32.2. The average molecular weight is 349 g/mol. The van der Waals surface area contributed by atoms with Gasteiger partial charge in [-0.15, -0.1) is 0 Å². The molecule has 0 bridgehead atoms. The summed E-state index contributed by atoms with van der Waals surface area (Å²) in [5.41, 5.74) is 3.32. The zero-order valence-electron chi connectivity index (χ0n) is 13.2. The van der Waals surface area contributed by atoms with Gasteiger partial charge in [0.2, 0.25) is 0 Å². The van der Waals surface area contributed by atoms with Crippen LogP contribution in [0.1, 0.15) is 24.1 Å². The molecule has 24 heavy (non-hydrogen) atoms. The second-order valence-electron chi connectivity index (χ2n) is 6.04. The third-order valence-electron chi connectivity index (χ3n) is 4.24. The summed E-state index contributed by atoms with van der Waals surface area (Å²) in [5, 5.41) is 0. The minimum atomic E-state index is -3.26. The van der Waals surface area contributed by atoms with E-state index in [2.05, 4.69) is 4.98 Å². The molecule has 0 spiro atoms. The van der Waals surface area contributed by atoms with Crippen LogP contribution in [0.4, 0.5) is 8.78 Å². The maximum absolute atomic E-state index is 13.2. The summed E-state index contributed by atoms with van der Waals surface area (Å²) in [4.78, 5) is 4.35. The van der Waals surface area contributed by atoms with Crippen LogP contribution in [0, 0.1) is 11.7 Å². The lowest BCUT2D eigenvalue weighted by molar-refractivity contribution is 0.379. The number of aromatic nitrogens is 1. The molecule has 1 aliphatic carbocycles. The van der Waals surface area contributed by atoms with Crippen LogP contribution < -0.4 is 0 Å². The summed E-state index contributed by atoms with van der Waals surface area (Å²) in [5.74, 6) is -0.546. The molecule has 0 aliphatic heterocycles. The standard InChI is InChI=1S/C18H17F2NO2S/c1-24(22,23)15-5-2-13(3-6-15)16-8-12(10-19)9-17(16)18-7-4-14(20)11-21-18/h2-7,11-12H,8-10H2,1H3. The van der Waals surface area contributed by atoms with Gasteiger partial charge in [0.1, 0.15) is 5.82 Å². The van der Waals surface area contributed by atoms with Crippen LogP contribution in [-0.4, -0.2) is 26.3 Å². The monoisotopic (exact) mass is 349 g/mol. The lowest BCUT2D eigenvalue weighted by Gasteiger charge is -2.08. The fourth-order valence-corrected chi connectivity index (χ4v) is 3.64. The van der Waals surface area contributed by atoms with Crippen LogP contribution >= 0.6 is 0 Å². The quantitative estimate of drug-likeness (QED) is 0.841. The summed E-state index contributed by atoms with van der Waals surface area (Å²) in [6.45, 7) is -0.435. The summed E-state index contributed by atoms with van der Waals surface area (Å²) in [6, 6.07) is 9.50. The molecule has 1 atom stereocenters. The Morgan fingerprint density at radius 1 is 1.08 bits per heavy atom. The lowest BCUT2D eigenvalue weighted by Crippen LogP contribution is -1.98. The Morgan fingerprint density at radius 2 is 1.75 bits per heavy atom. The van der Waals surface area contributed by atoms with Gasteiger partial charge < -0.3 is 0 Å². The molecule has 0 radical (unpaired) electrons. The van der Waals surface area contributed by atoms with Gasteiger partial charge in [-0.05, 0) is 59.7 Å². The van der Waals surface area contributed by atoms with Crippen LogP contribution in [0.25, 0.3) is 11.1 Å². The third kappa shape index (κ3) is 3.38. The van der Waals surface area contributed by atoms with Crippen LogP contribution in [0.2, 0.25) is 0 Å². The number of sulfone groups is 1. The number of rotatable bonds is 4. The molecule has 1 aromatic heterocycles. The molecule has 6 heteroatoms. The van der Waals surface area contributed by atoms with Gasteiger partial charge in [-0.1, -0.05) is 12.1 Å². The van der Waals surface area contributed by atoms with Gasteiger partial charge in [0, 0.05) is 6.26 Å². The number of alkyl halides is 1. The highest BCUT2D eigenvalue weighted by Gasteiger charge is 2.27. The number of benzene rings is 1. The van der Waals surface area contributed by atoms with E-state index in [4.69, 9.17) is 0 Å². The third-order valence-corrected chi connectivity index (χ3v) is 5.36. The number of halogens is 2. The van der Waals surface area contributed by atoms with Gasteiger partial charge in [-0.25, -0.2) is 12.8 Å². The topological polar surface area (TPSA) is 47.0 Å². The van der Waals surface area contributed by atoms with Crippen molar-refractivity contribution in [2.75, 3.05) is 12.9 Å². The Balaban J connectivity index is 2.04. The van der Waals surface area contributed by atoms with Gasteiger partial charge in [-0.3, -0.25) is 9.37 Å². The van der Waals surface area contributed by atoms with Crippen molar-refractivity contribution in [1.29, 1.82) is 0 Å². The van der Waals surface area contributed by atoms with Gasteiger partial charge in [0.15, 0.2) is 9.84 Å². The van der Waals surface area contributed by atoms with Crippen molar-refractivity contribution < 1.29 is 17.2 Å². The lowest BCUT2D eigenvalue weighted by atomic mass is 10.00. The highest BCUT2D eigenvalue weighted by Crippen LogP contribution is 2.42. The molecule has 0 saturated carbocycles. The van der Waals surface area contributed by atoms with Gasteiger partial charge in [-0.2, -0.15) is 0 Å². The first kappa shape index (κ1) is 16.8. The highest BCUT2D eigenvalue weighted by molar-refractivity contribution is 7.90. The van der Waals surface area contributed by atoms with Crippen molar-refractivity contribution in [1.82, 2.24) is 4.98 Å². The van der Waals surface area contributed by atoms with Crippen molar-refractivity contribution >= 4 is 21.0 Å². The molecule has 0 amide bonds. The molecule has 0 saturated heterocycles. The van der Waals surface area contributed by atoms with Crippen molar-refractivity contribution in [3.8, 4) is 0 Å². The molecule has 2 aromatic rings. The van der Waals surface area contributed by atoms with Gasteiger partial charge in [0.25, 0.3) is 0 Å². The largest absolute Gasteiger partial charge is 0.254 e. The number of pyridine rings is 1. The number of nitrogens with zero attached hydrogens (tertiary/aromatic N) is 1. The Bertz CT molecular complexity index is 872. The Morgan fingerprint density at radius 3 is 2.29 bits per heavy atom. The first-order chi connectivity index (χ1) is 11.4. The van der Waals surface area contributed by atoms with Gasteiger partial charge >= 0.3 is 0 Å². The average Bonchev–Trinajstić information content (AvgIpc) is 2.99. The van der Waals surface area contributed by atoms with E-state index in [0.717, 1.165) is 29.2 Å². The Hall–Kier alpha value is -2.08. The predicted octanol–water partition coefficient (Wildman–Crippen LogP) is 3.91. The normalized spacial score (nSPS) is 18.2. The van der Waals surface area contributed by atoms with E-state index in [-0.39, 0.29) is 10.8 Å². The molecule has 126 valence electrons. The minimum Gasteiger partial charge on any atom is -0.254 e. The van der Waals surface area contributed by atoms with Crippen molar-refractivity contribution in [2.45, 2.75) is 17.7 Å². The maximum atomic E-state index is 13.2. The van der Waals surface area contributed by atoms with E-state index in [1.807, 2.05) is 0 Å².